The fourth-order valence-corrected chi connectivity index (χ4v) is 2.92. The second-order valence-electron chi connectivity index (χ2n) is 5.94. The highest BCUT2D eigenvalue weighted by atomic mass is 35.5. The smallest absolute Gasteiger partial charge is 0.321 e. The maximum absolute atomic E-state index is 12.1. The highest BCUT2D eigenvalue weighted by Gasteiger charge is 2.21. The molecule has 6 heteroatoms. The van der Waals surface area contributed by atoms with Crippen molar-refractivity contribution in [2.75, 3.05) is 11.9 Å². The van der Waals surface area contributed by atoms with E-state index >= 15 is 0 Å². The molecule has 1 aromatic carbocycles. The number of hydrogen-bond donors (Lipinski definition) is 3. The minimum absolute atomic E-state index is 0.139. The van der Waals surface area contributed by atoms with Gasteiger partial charge in [0.05, 0.1) is 17.1 Å². The molecule has 0 radical (unpaired) electrons. The van der Waals surface area contributed by atoms with Gasteiger partial charge in [0.15, 0.2) is 0 Å². The molecule has 5 nitrogen and oxygen atoms in total. The second kappa shape index (κ2) is 9.45. The zero-order valence-electron chi connectivity index (χ0n) is 13.6. The van der Waals surface area contributed by atoms with Crippen molar-refractivity contribution in [3.63, 3.8) is 0 Å². The van der Waals surface area contributed by atoms with Gasteiger partial charge in [0.2, 0.25) is 5.91 Å². The molecule has 0 bridgehead atoms. The molecule has 130 valence electrons. The zero-order valence-corrected chi connectivity index (χ0v) is 14.3. The van der Waals surface area contributed by atoms with Crippen LogP contribution in [0, 0.1) is 0 Å². The summed E-state index contributed by atoms with van der Waals surface area (Å²) >= 11 is 5.98. The first-order valence-corrected chi connectivity index (χ1v) is 8.62. The van der Waals surface area contributed by atoms with E-state index in [1.165, 1.54) is 18.4 Å². The van der Waals surface area contributed by atoms with Crippen molar-refractivity contribution in [2.24, 2.45) is 0 Å². The van der Waals surface area contributed by atoms with Gasteiger partial charge < -0.3 is 15.7 Å². The van der Waals surface area contributed by atoms with E-state index < -0.39 is 12.0 Å². The third-order valence-electron chi connectivity index (χ3n) is 4.06. The van der Waals surface area contributed by atoms with Crippen LogP contribution in [0.2, 0.25) is 5.02 Å². The van der Waals surface area contributed by atoms with E-state index in [4.69, 9.17) is 11.6 Å². The molecule has 0 saturated carbocycles. The molecule has 1 unspecified atom stereocenters. The quantitative estimate of drug-likeness (QED) is 0.626. The van der Waals surface area contributed by atoms with Crippen LogP contribution in [0.25, 0.3) is 0 Å². The number of halogens is 1. The number of carboxylic acid groups (broad SMARTS) is 1. The van der Waals surface area contributed by atoms with Crippen LogP contribution >= 0.6 is 11.6 Å². The number of para-hydroxylation sites is 1. The van der Waals surface area contributed by atoms with Crippen molar-refractivity contribution in [1.29, 1.82) is 0 Å². The third kappa shape index (κ3) is 5.98. The van der Waals surface area contributed by atoms with Crippen molar-refractivity contribution in [2.45, 2.75) is 44.6 Å². The van der Waals surface area contributed by atoms with Crippen molar-refractivity contribution in [1.82, 2.24) is 5.32 Å². The summed E-state index contributed by atoms with van der Waals surface area (Å²) in [5, 5.41) is 15.3. The van der Waals surface area contributed by atoms with Crippen LogP contribution < -0.4 is 10.6 Å². The number of anilines is 1. The lowest BCUT2D eigenvalue weighted by atomic mass is 9.97. The van der Waals surface area contributed by atoms with E-state index in [1.807, 2.05) is 0 Å². The number of carbonyl (C=O) groups is 2. The molecular weight excluding hydrogens is 328 g/mol. The second-order valence-corrected chi connectivity index (χ2v) is 6.34. The SMILES string of the molecule is O=C(CC(NCCC1=CCCCC1)C(=O)O)Nc1ccccc1Cl. The number of aliphatic carboxylic acids is 1. The molecule has 1 aromatic rings. The predicted octanol–water partition coefficient (Wildman–Crippen LogP) is 3.60. The summed E-state index contributed by atoms with van der Waals surface area (Å²) in [6.45, 7) is 0.558. The first-order chi connectivity index (χ1) is 11.6. The van der Waals surface area contributed by atoms with Crippen molar-refractivity contribution in [3.8, 4) is 0 Å². The van der Waals surface area contributed by atoms with Gasteiger partial charge >= 0.3 is 5.97 Å². The molecule has 1 atom stereocenters. The Morgan fingerprint density at radius 1 is 1.25 bits per heavy atom. The van der Waals surface area contributed by atoms with Gasteiger partial charge in [-0.3, -0.25) is 9.59 Å². The molecule has 0 fully saturated rings. The minimum atomic E-state index is -1.03. The third-order valence-corrected chi connectivity index (χ3v) is 4.39. The average Bonchev–Trinajstić information content (AvgIpc) is 2.57. The zero-order chi connectivity index (χ0) is 17.4. The Morgan fingerprint density at radius 2 is 2.04 bits per heavy atom. The normalized spacial score (nSPS) is 15.5. The summed E-state index contributed by atoms with van der Waals surface area (Å²) in [6, 6.07) is 5.96. The van der Waals surface area contributed by atoms with Gasteiger partial charge in [-0.15, -0.1) is 0 Å². The highest BCUT2D eigenvalue weighted by Crippen LogP contribution is 2.21. The van der Waals surface area contributed by atoms with E-state index in [9.17, 15) is 14.7 Å². The van der Waals surface area contributed by atoms with Gasteiger partial charge in [-0.1, -0.05) is 35.4 Å². The highest BCUT2D eigenvalue weighted by molar-refractivity contribution is 6.33. The number of allylic oxidation sites excluding steroid dienone is 1. The van der Waals surface area contributed by atoms with E-state index in [-0.39, 0.29) is 12.3 Å². The van der Waals surface area contributed by atoms with Crippen LogP contribution in [0.15, 0.2) is 35.9 Å². The summed E-state index contributed by atoms with van der Waals surface area (Å²) in [7, 11) is 0. The fourth-order valence-electron chi connectivity index (χ4n) is 2.73. The lowest BCUT2D eigenvalue weighted by molar-refractivity contribution is -0.141. The Balaban J connectivity index is 1.81. The van der Waals surface area contributed by atoms with Crippen LogP contribution in [-0.2, 0) is 9.59 Å². The van der Waals surface area contributed by atoms with Crippen LogP contribution in [-0.4, -0.2) is 29.6 Å². The average molecular weight is 351 g/mol. The topological polar surface area (TPSA) is 78.4 Å². The number of carbonyl (C=O) groups excluding carboxylic acids is 1. The monoisotopic (exact) mass is 350 g/mol. The molecule has 1 aliphatic carbocycles. The predicted molar refractivity (Wildman–Crippen MR) is 95.3 cm³/mol. The Kier molecular flexibility index (Phi) is 7.28. The van der Waals surface area contributed by atoms with Crippen LogP contribution in [0.1, 0.15) is 38.5 Å². The Hall–Kier alpha value is -1.85. The number of amides is 1. The Bertz CT molecular complexity index is 616. The summed E-state index contributed by atoms with van der Waals surface area (Å²) in [5.41, 5.74) is 1.86. The standard InChI is InChI=1S/C18H23ClN2O3/c19-14-8-4-5-9-15(14)21-17(22)12-16(18(23)24)20-11-10-13-6-2-1-3-7-13/h4-6,8-9,16,20H,1-3,7,10-12H2,(H,21,22)(H,23,24). The van der Waals surface area contributed by atoms with E-state index in [0.29, 0.717) is 17.3 Å². The Morgan fingerprint density at radius 3 is 2.71 bits per heavy atom. The molecule has 0 heterocycles. The van der Waals surface area contributed by atoms with Gasteiger partial charge in [-0.2, -0.15) is 0 Å². The summed E-state index contributed by atoms with van der Waals surface area (Å²) in [6.07, 6.45) is 7.57. The lowest BCUT2D eigenvalue weighted by Crippen LogP contribution is -2.40. The molecule has 3 N–H and O–H groups in total. The molecule has 0 aromatic heterocycles. The van der Waals surface area contributed by atoms with E-state index in [2.05, 4.69) is 16.7 Å². The molecular formula is C18H23ClN2O3. The molecule has 2 rings (SSSR count). The van der Waals surface area contributed by atoms with Crippen LogP contribution in [0.3, 0.4) is 0 Å². The van der Waals surface area contributed by atoms with Crippen LogP contribution in [0.4, 0.5) is 5.69 Å². The summed E-state index contributed by atoms with van der Waals surface area (Å²) < 4.78 is 0. The first kappa shape index (κ1) is 18.5. The van der Waals surface area contributed by atoms with Crippen molar-refractivity contribution < 1.29 is 14.7 Å². The van der Waals surface area contributed by atoms with Gasteiger partial charge in [0, 0.05) is 0 Å². The number of carboxylic acids is 1. The van der Waals surface area contributed by atoms with Crippen molar-refractivity contribution in [3.05, 3.63) is 40.9 Å². The van der Waals surface area contributed by atoms with Crippen molar-refractivity contribution >= 4 is 29.2 Å². The van der Waals surface area contributed by atoms with Gasteiger partial charge in [-0.25, -0.2) is 0 Å². The fraction of sp³-hybridized carbons (Fsp3) is 0.444. The maximum atomic E-state index is 12.1. The molecule has 0 spiro atoms. The molecule has 0 aliphatic heterocycles. The van der Waals surface area contributed by atoms with Gasteiger partial charge in [-0.05, 0) is 50.8 Å². The Labute approximate surface area is 147 Å². The number of nitrogens with one attached hydrogen (secondary N) is 2. The van der Waals surface area contributed by atoms with Gasteiger partial charge in [0.1, 0.15) is 6.04 Å². The van der Waals surface area contributed by atoms with E-state index in [0.717, 1.165) is 19.3 Å². The maximum Gasteiger partial charge on any atom is 0.321 e. The minimum Gasteiger partial charge on any atom is -0.480 e. The first-order valence-electron chi connectivity index (χ1n) is 8.24. The van der Waals surface area contributed by atoms with Crippen LogP contribution in [0.5, 0.6) is 0 Å². The summed E-state index contributed by atoms with van der Waals surface area (Å²) in [4.78, 5) is 23.4. The van der Waals surface area contributed by atoms with E-state index in [1.54, 1.807) is 24.3 Å². The largest absolute Gasteiger partial charge is 0.480 e. The lowest BCUT2D eigenvalue weighted by Gasteiger charge is -2.17. The van der Waals surface area contributed by atoms with Gasteiger partial charge in [0.25, 0.3) is 0 Å². The molecule has 1 aliphatic rings. The number of rotatable bonds is 8. The molecule has 1 amide bonds. The number of hydrogen-bond acceptors (Lipinski definition) is 3. The number of benzene rings is 1. The molecule has 24 heavy (non-hydrogen) atoms. The summed E-state index contributed by atoms with van der Waals surface area (Å²) in [5.74, 6) is -1.40. The molecule has 0 saturated heterocycles.